The van der Waals surface area contributed by atoms with E-state index in [4.69, 9.17) is 0 Å². The molecule has 110 valence electrons. The van der Waals surface area contributed by atoms with Gasteiger partial charge in [-0.25, -0.2) is 0 Å². The summed E-state index contributed by atoms with van der Waals surface area (Å²) < 4.78 is 0. The predicted octanol–water partition coefficient (Wildman–Crippen LogP) is 6.46. The molecule has 0 amide bonds. The summed E-state index contributed by atoms with van der Waals surface area (Å²) in [5.74, 6) is 0.740. The Bertz CT molecular complexity index is 651. The van der Waals surface area contributed by atoms with E-state index < -0.39 is 0 Å². The molecule has 1 aliphatic rings. The zero-order valence-corrected chi connectivity index (χ0v) is 13.7. The van der Waals surface area contributed by atoms with E-state index in [1.165, 1.54) is 34.8 Å². The molecule has 0 radical (unpaired) electrons. The van der Waals surface area contributed by atoms with Crippen molar-refractivity contribution in [2.45, 2.75) is 40.5 Å². The van der Waals surface area contributed by atoms with E-state index in [9.17, 15) is 0 Å². The van der Waals surface area contributed by atoms with Gasteiger partial charge in [0.15, 0.2) is 0 Å². The van der Waals surface area contributed by atoms with Gasteiger partial charge in [0.05, 0.1) is 0 Å². The van der Waals surface area contributed by atoms with Crippen molar-refractivity contribution in [2.24, 2.45) is 5.92 Å². The second-order valence-corrected chi connectivity index (χ2v) is 6.19. The fraction of sp³-hybridized carbons (Fsp3) is 0.333. The van der Waals surface area contributed by atoms with Crippen molar-refractivity contribution in [3.63, 3.8) is 0 Å². The van der Waals surface area contributed by atoms with Crippen molar-refractivity contribution in [3.05, 3.63) is 71.3 Å². The molecular formula is C21H26. The fourth-order valence-corrected chi connectivity index (χ4v) is 2.61. The van der Waals surface area contributed by atoms with Crippen LogP contribution >= 0.6 is 0 Å². The summed E-state index contributed by atoms with van der Waals surface area (Å²) in [6, 6.07) is 14.8. The molecule has 21 heavy (non-hydrogen) atoms. The lowest BCUT2D eigenvalue weighted by atomic mass is 9.93. The van der Waals surface area contributed by atoms with Gasteiger partial charge in [-0.05, 0) is 48.9 Å². The first-order valence-electron chi connectivity index (χ1n) is 7.87. The van der Waals surface area contributed by atoms with E-state index in [2.05, 4.69) is 82.3 Å². The van der Waals surface area contributed by atoms with Crippen molar-refractivity contribution >= 4 is 10.8 Å². The van der Waals surface area contributed by atoms with Crippen molar-refractivity contribution in [1.29, 1.82) is 0 Å². The van der Waals surface area contributed by atoms with Gasteiger partial charge >= 0.3 is 0 Å². The summed E-state index contributed by atoms with van der Waals surface area (Å²) in [4.78, 5) is 0. The molecule has 0 saturated carbocycles. The number of rotatable bonds is 1. The van der Waals surface area contributed by atoms with Crippen molar-refractivity contribution in [3.8, 4) is 0 Å². The van der Waals surface area contributed by atoms with Crippen LogP contribution in [0.5, 0.6) is 0 Å². The maximum Gasteiger partial charge on any atom is -0.0133 e. The minimum Gasteiger partial charge on any atom is -0.0812 e. The highest BCUT2D eigenvalue weighted by atomic mass is 14.1. The predicted molar refractivity (Wildman–Crippen MR) is 94.6 cm³/mol. The molecule has 0 heterocycles. The average molecular weight is 278 g/mol. The highest BCUT2D eigenvalue weighted by Gasteiger charge is 2.04. The lowest BCUT2D eigenvalue weighted by Crippen LogP contribution is -1.96. The maximum atomic E-state index is 2.38. The standard InChI is InChI=1S/C11H10.C10H16/c1-9-5-4-7-10-6-2-3-8-11(9)10;1-8(2)10-6-4-9(3)5-7-10/h2-8H,1H3;4,7-8H,5-6H2,1-3H3. The van der Waals surface area contributed by atoms with Gasteiger partial charge in [0.1, 0.15) is 0 Å². The molecule has 0 saturated heterocycles. The molecule has 0 fully saturated rings. The summed E-state index contributed by atoms with van der Waals surface area (Å²) in [6.07, 6.45) is 7.08. The van der Waals surface area contributed by atoms with Crippen molar-refractivity contribution < 1.29 is 0 Å². The zero-order chi connectivity index (χ0) is 15.2. The summed E-state index contributed by atoms with van der Waals surface area (Å²) in [5, 5.41) is 2.68. The van der Waals surface area contributed by atoms with Crippen LogP contribution < -0.4 is 0 Å². The fourth-order valence-electron chi connectivity index (χ4n) is 2.61. The van der Waals surface area contributed by atoms with Crippen molar-refractivity contribution in [1.82, 2.24) is 0 Å². The Hall–Kier alpha value is -1.82. The monoisotopic (exact) mass is 278 g/mol. The number of hydrogen-bond acceptors (Lipinski definition) is 0. The molecule has 0 N–H and O–H groups in total. The van der Waals surface area contributed by atoms with Crippen molar-refractivity contribution in [2.75, 3.05) is 0 Å². The van der Waals surface area contributed by atoms with Crippen LogP contribution in [0.2, 0.25) is 0 Å². The quantitative estimate of drug-likeness (QED) is 0.525. The number of benzene rings is 2. The Morgan fingerprint density at radius 1 is 0.810 bits per heavy atom. The molecule has 0 spiro atoms. The van der Waals surface area contributed by atoms with E-state index >= 15 is 0 Å². The van der Waals surface area contributed by atoms with Crippen LogP contribution in [-0.2, 0) is 0 Å². The molecule has 0 bridgehead atoms. The van der Waals surface area contributed by atoms with Gasteiger partial charge in [-0.3, -0.25) is 0 Å². The topological polar surface area (TPSA) is 0 Å². The normalized spacial score (nSPS) is 14.3. The van der Waals surface area contributed by atoms with Crippen LogP contribution in [0.25, 0.3) is 10.8 Å². The molecule has 3 rings (SSSR count). The molecule has 2 aromatic rings. The first kappa shape index (κ1) is 15.6. The molecule has 0 aromatic heterocycles. The second kappa shape index (κ2) is 7.26. The summed E-state index contributed by atoms with van der Waals surface area (Å²) in [7, 11) is 0. The van der Waals surface area contributed by atoms with E-state index in [0.29, 0.717) is 0 Å². The van der Waals surface area contributed by atoms with Gasteiger partial charge in [-0.2, -0.15) is 0 Å². The minimum absolute atomic E-state index is 0.740. The Balaban J connectivity index is 0.000000155. The Kier molecular flexibility index (Phi) is 5.38. The van der Waals surface area contributed by atoms with E-state index in [0.717, 1.165) is 5.92 Å². The third-order valence-corrected chi connectivity index (χ3v) is 4.12. The molecule has 0 unspecified atom stereocenters. The maximum absolute atomic E-state index is 2.38. The first-order chi connectivity index (χ1) is 10.1. The number of hydrogen-bond donors (Lipinski definition) is 0. The smallest absolute Gasteiger partial charge is 0.0133 e. The van der Waals surface area contributed by atoms with Gasteiger partial charge in [0, 0.05) is 0 Å². The van der Waals surface area contributed by atoms with Gasteiger partial charge in [0.2, 0.25) is 0 Å². The summed E-state index contributed by atoms with van der Waals surface area (Å²) in [6.45, 7) is 8.87. The Morgan fingerprint density at radius 3 is 2.14 bits per heavy atom. The summed E-state index contributed by atoms with van der Waals surface area (Å²) in [5.41, 5.74) is 4.47. The molecule has 0 nitrogen and oxygen atoms in total. The zero-order valence-electron chi connectivity index (χ0n) is 13.7. The minimum atomic E-state index is 0.740. The summed E-state index contributed by atoms with van der Waals surface area (Å²) >= 11 is 0. The molecule has 0 atom stereocenters. The van der Waals surface area contributed by atoms with Crippen LogP contribution in [-0.4, -0.2) is 0 Å². The van der Waals surface area contributed by atoms with Gasteiger partial charge in [-0.1, -0.05) is 79.6 Å². The lowest BCUT2D eigenvalue weighted by Gasteiger charge is -2.13. The molecule has 2 aromatic carbocycles. The molecule has 0 heteroatoms. The number of aryl methyl sites for hydroxylation is 1. The van der Waals surface area contributed by atoms with Crippen LogP contribution in [0.15, 0.2) is 65.8 Å². The van der Waals surface area contributed by atoms with E-state index in [1.54, 1.807) is 5.57 Å². The van der Waals surface area contributed by atoms with Crippen LogP contribution in [0, 0.1) is 12.8 Å². The highest BCUT2D eigenvalue weighted by Crippen LogP contribution is 2.22. The van der Waals surface area contributed by atoms with Gasteiger partial charge < -0.3 is 0 Å². The number of allylic oxidation sites excluding steroid dienone is 4. The lowest BCUT2D eigenvalue weighted by molar-refractivity contribution is 0.733. The van der Waals surface area contributed by atoms with Crippen LogP contribution in [0.4, 0.5) is 0 Å². The molecular weight excluding hydrogens is 252 g/mol. The molecule has 0 aliphatic heterocycles. The van der Waals surface area contributed by atoms with Crippen LogP contribution in [0.1, 0.15) is 39.2 Å². The number of fused-ring (bicyclic) bond motifs is 1. The Labute approximate surface area is 129 Å². The van der Waals surface area contributed by atoms with Crippen LogP contribution in [0.3, 0.4) is 0 Å². The van der Waals surface area contributed by atoms with Gasteiger partial charge in [0.25, 0.3) is 0 Å². The Morgan fingerprint density at radius 2 is 1.52 bits per heavy atom. The SMILES string of the molecule is CC1=CCC(C(C)C)=CC1.Cc1cccc2ccccc12. The highest BCUT2D eigenvalue weighted by molar-refractivity contribution is 5.85. The third-order valence-electron chi connectivity index (χ3n) is 4.12. The third kappa shape index (κ3) is 4.32. The van der Waals surface area contributed by atoms with E-state index in [1.807, 2.05) is 0 Å². The first-order valence-corrected chi connectivity index (χ1v) is 7.87. The second-order valence-electron chi connectivity index (χ2n) is 6.19. The van der Waals surface area contributed by atoms with Gasteiger partial charge in [-0.15, -0.1) is 0 Å². The molecule has 1 aliphatic carbocycles. The largest absolute Gasteiger partial charge is 0.0812 e. The van der Waals surface area contributed by atoms with E-state index in [-0.39, 0.29) is 0 Å². The average Bonchev–Trinajstić information content (AvgIpc) is 2.49.